The zero-order chi connectivity index (χ0) is 11.7. The number of piperidine rings is 1. The van der Waals surface area contributed by atoms with Crippen molar-refractivity contribution >= 4 is 10.9 Å². The minimum absolute atomic E-state index is 0.364. The van der Waals surface area contributed by atoms with Crippen molar-refractivity contribution < 1.29 is 5.11 Å². The molecule has 1 fully saturated rings. The second kappa shape index (κ2) is 4.41. The maximum atomic E-state index is 9.76. The van der Waals surface area contributed by atoms with Gasteiger partial charge < -0.3 is 10.1 Å². The molecule has 0 saturated carbocycles. The number of hydrogen-bond acceptors (Lipinski definition) is 2. The van der Waals surface area contributed by atoms with Crippen LogP contribution in [0.25, 0.3) is 10.9 Å². The van der Waals surface area contributed by atoms with Gasteiger partial charge in [0, 0.05) is 23.1 Å². The van der Waals surface area contributed by atoms with Crippen LogP contribution in [0.1, 0.15) is 25.0 Å². The first-order valence-corrected chi connectivity index (χ1v) is 6.35. The van der Waals surface area contributed by atoms with Gasteiger partial charge in [-0.25, -0.2) is 0 Å². The van der Waals surface area contributed by atoms with Crippen molar-refractivity contribution in [1.29, 1.82) is 0 Å². The highest BCUT2D eigenvalue weighted by Gasteiger charge is 2.12. The molecule has 1 saturated heterocycles. The molecule has 0 atom stereocenters. The number of aromatic hydroxyl groups is 1. The van der Waals surface area contributed by atoms with Gasteiger partial charge in [0.05, 0.1) is 0 Å². The van der Waals surface area contributed by atoms with Gasteiger partial charge in [0.15, 0.2) is 0 Å². The fraction of sp³-hybridized carbons (Fsp3) is 0.429. The van der Waals surface area contributed by atoms with Crippen molar-refractivity contribution in [3.8, 4) is 5.75 Å². The average molecular weight is 230 g/mol. The average Bonchev–Trinajstić information content (AvgIpc) is 2.74. The number of nitrogens with one attached hydrogen (secondary N) is 1. The van der Waals surface area contributed by atoms with Gasteiger partial charge in [-0.1, -0.05) is 12.5 Å². The zero-order valence-electron chi connectivity index (χ0n) is 9.95. The third-order valence-electron chi connectivity index (χ3n) is 3.54. The number of phenols is 1. The fourth-order valence-electron chi connectivity index (χ4n) is 2.64. The Morgan fingerprint density at radius 1 is 1.18 bits per heavy atom. The lowest BCUT2D eigenvalue weighted by atomic mass is 10.1. The molecule has 90 valence electrons. The lowest BCUT2D eigenvalue weighted by Gasteiger charge is -2.25. The summed E-state index contributed by atoms with van der Waals surface area (Å²) in [6, 6.07) is 7.69. The van der Waals surface area contributed by atoms with Gasteiger partial charge >= 0.3 is 0 Å². The van der Waals surface area contributed by atoms with Crippen LogP contribution >= 0.6 is 0 Å². The highest BCUT2D eigenvalue weighted by atomic mass is 16.3. The van der Waals surface area contributed by atoms with Crippen molar-refractivity contribution in [3.63, 3.8) is 0 Å². The van der Waals surface area contributed by atoms with Gasteiger partial charge in [-0.3, -0.25) is 4.90 Å². The van der Waals surface area contributed by atoms with E-state index in [-0.39, 0.29) is 0 Å². The monoisotopic (exact) mass is 230 g/mol. The molecule has 0 radical (unpaired) electrons. The first kappa shape index (κ1) is 10.7. The van der Waals surface area contributed by atoms with Crippen LogP contribution in [0.3, 0.4) is 0 Å². The quantitative estimate of drug-likeness (QED) is 0.832. The Labute approximate surface area is 101 Å². The second-order valence-corrected chi connectivity index (χ2v) is 4.87. The van der Waals surface area contributed by atoms with Crippen LogP contribution in [0.5, 0.6) is 5.75 Å². The number of fused-ring (bicyclic) bond motifs is 1. The fourth-order valence-corrected chi connectivity index (χ4v) is 2.64. The predicted molar refractivity (Wildman–Crippen MR) is 69.1 cm³/mol. The molecule has 0 bridgehead atoms. The van der Waals surface area contributed by atoms with Crippen LogP contribution in [0.15, 0.2) is 24.3 Å². The van der Waals surface area contributed by atoms with Crippen molar-refractivity contribution in [2.75, 3.05) is 13.1 Å². The maximum absolute atomic E-state index is 9.76. The Bertz CT molecular complexity index is 512. The standard InChI is InChI=1S/C14H18N2O/c17-14-6-4-5-13-12(14)9-11(15-13)10-16-7-2-1-3-8-16/h4-6,9,15,17H,1-3,7-8,10H2. The maximum Gasteiger partial charge on any atom is 0.124 e. The molecular weight excluding hydrogens is 212 g/mol. The van der Waals surface area contributed by atoms with Gasteiger partial charge in [0.25, 0.3) is 0 Å². The van der Waals surface area contributed by atoms with Crippen molar-refractivity contribution in [2.24, 2.45) is 0 Å². The minimum Gasteiger partial charge on any atom is -0.507 e. The number of phenolic OH excluding ortho intramolecular Hbond substituents is 1. The summed E-state index contributed by atoms with van der Waals surface area (Å²) in [6.07, 6.45) is 3.99. The van der Waals surface area contributed by atoms with Gasteiger partial charge in [-0.2, -0.15) is 0 Å². The van der Waals surface area contributed by atoms with Crippen LogP contribution in [0.2, 0.25) is 0 Å². The van der Waals surface area contributed by atoms with E-state index < -0.39 is 0 Å². The highest BCUT2D eigenvalue weighted by molar-refractivity contribution is 5.86. The number of likely N-dealkylation sites (tertiary alicyclic amines) is 1. The number of hydrogen-bond donors (Lipinski definition) is 2. The van der Waals surface area contributed by atoms with Crippen LogP contribution in [-0.4, -0.2) is 28.1 Å². The number of rotatable bonds is 2. The van der Waals surface area contributed by atoms with Crippen LogP contribution in [0.4, 0.5) is 0 Å². The smallest absolute Gasteiger partial charge is 0.124 e. The molecule has 17 heavy (non-hydrogen) atoms. The molecule has 1 aliphatic rings. The molecule has 3 nitrogen and oxygen atoms in total. The Balaban J connectivity index is 1.83. The van der Waals surface area contributed by atoms with E-state index in [1.54, 1.807) is 6.07 Å². The highest BCUT2D eigenvalue weighted by Crippen LogP contribution is 2.25. The molecule has 0 amide bonds. The van der Waals surface area contributed by atoms with E-state index in [4.69, 9.17) is 0 Å². The summed E-state index contributed by atoms with van der Waals surface area (Å²) in [4.78, 5) is 5.86. The van der Waals surface area contributed by atoms with Crippen LogP contribution < -0.4 is 0 Å². The van der Waals surface area contributed by atoms with E-state index >= 15 is 0 Å². The molecule has 3 heteroatoms. The molecule has 2 aromatic rings. The summed E-state index contributed by atoms with van der Waals surface area (Å²) in [5.74, 6) is 0.364. The molecule has 1 aromatic carbocycles. The normalized spacial score (nSPS) is 17.6. The number of nitrogens with zero attached hydrogens (tertiary/aromatic N) is 1. The first-order valence-electron chi connectivity index (χ1n) is 6.35. The SMILES string of the molecule is Oc1cccc2[nH]c(CN3CCCCC3)cc12. The van der Waals surface area contributed by atoms with E-state index in [0.717, 1.165) is 17.4 Å². The first-order chi connectivity index (χ1) is 8.33. The van der Waals surface area contributed by atoms with E-state index in [1.807, 2.05) is 12.1 Å². The summed E-state index contributed by atoms with van der Waals surface area (Å²) in [7, 11) is 0. The topological polar surface area (TPSA) is 39.3 Å². The lowest BCUT2D eigenvalue weighted by Crippen LogP contribution is -2.29. The molecule has 0 aliphatic carbocycles. The number of H-pyrrole nitrogens is 1. The summed E-state index contributed by atoms with van der Waals surface area (Å²) >= 11 is 0. The molecule has 1 aromatic heterocycles. The molecular formula is C14H18N2O. The van der Waals surface area contributed by atoms with Crippen LogP contribution in [0, 0.1) is 0 Å². The lowest BCUT2D eigenvalue weighted by molar-refractivity contribution is 0.219. The molecule has 0 unspecified atom stereocenters. The van der Waals surface area contributed by atoms with Gasteiger partial charge in [-0.05, 0) is 44.1 Å². The summed E-state index contributed by atoms with van der Waals surface area (Å²) < 4.78 is 0. The van der Waals surface area contributed by atoms with Gasteiger partial charge in [0.2, 0.25) is 0 Å². The summed E-state index contributed by atoms with van der Waals surface area (Å²) in [6.45, 7) is 3.36. The number of aromatic amines is 1. The minimum atomic E-state index is 0.364. The Kier molecular flexibility index (Phi) is 2.77. The van der Waals surface area contributed by atoms with Crippen LogP contribution in [-0.2, 0) is 6.54 Å². The molecule has 3 rings (SSSR count). The Morgan fingerprint density at radius 2 is 2.00 bits per heavy atom. The Morgan fingerprint density at radius 3 is 2.76 bits per heavy atom. The van der Waals surface area contributed by atoms with Crippen molar-refractivity contribution in [2.45, 2.75) is 25.8 Å². The second-order valence-electron chi connectivity index (χ2n) is 4.87. The van der Waals surface area contributed by atoms with Crippen molar-refractivity contribution in [1.82, 2.24) is 9.88 Å². The van der Waals surface area contributed by atoms with E-state index in [9.17, 15) is 5.11 Å². The van der Waals surface area contributed by atoms with E-state index in [0.29, 0.717) is 5.75 Å². The van der Waals surface area contributed by atoms with E-state index in [2.05, 4.69) is 16.0 Å². The van der Waals surface area contributed by atoms with Crippen molar-refractivity contribution in [3.05, 3.63) is 30.0 Å². The van der Waals surface area contributed by atoms with Gasteiger partial charge in [0.1, 0.15) is 5.75 Å². The summed E-state index contributed by atoms with van der Waals surface area (Å²) in [5.41, 5.74) is 2.22. The zero-order valence-corrected chi connectivity index (χ0v) is 9.95. The molecule has 1 aliphatic heterocycles. The molecule has 2 heterocycles. The third-order valence-corrected chi connectivity index (χ3v) is 3.54. The summed E-state index contributed by atoms with van der Waals surface area (Å²) in [5, 5.41) is 10.7. The number of benzene rings is 1. The predicted octanol–water partition coefficient (Wildman–Crippen LogP) is 2.86. The largest absolute Gasteiger partial charge is 0.507 e. The Hall–Kier alpha value is -1.48. The van der Waals surface area contributed by atoms with Gasteiger partial charge in [-0.15, -0.1) is 0 Å². The molecule has 2 N–H and O–H groups in total. The third kappa shape index (κ3) is 2.15. The van der Waals surface area contributed by atoms with E-state index in [1.165, 1.54) is 38.0 Å². The number of aromatic nitrogens is 1. The molecule has 0 spiro atoms.